The first-order chi connectivity index (χ1) is 14.0. The molecule has 2 N–H and O–H groups in total. The fourth-order valence-corrected chi connectivity index (χ4v) is 2.80. The minimum atomic E-state index is -0.311. The molecule has 29 heavy (non-hydrogen) atoms. The van der Waals surface area contributed by atoms with E-state index in [1.165, 1.54) is 12.4 Å². The number of nitrogens with zero attached hydrogens (tertiary/aromatic N) is 2. The highest BCUT2D eigenvalue weighted by Crippen LogP contribution is 2.16. The molecule has 2 amide bonds. The van der Waals surface area contributed by atoms with Crippen LogP contribution >= 0.6 is 0 Å². The lowest BCUT2D eigenvalue weighted by molar-refractivity contribution is 0.0953. The molecule has 0 spiro atoms. The molecule has 3 aromatic rings. The van der Waals surface area contributed by atoms with Crippen molar-refractivity contribution in [1.29, 1.82) is 0 Å². The number of rotatable bonds is 7. The lowest BCUT2D eigenvalue weighted by Crippen LogP contribution is -2.26. The van der Waals surface area contributed by atoms with Crippen LogP contribution in [0, 0.1) is 0 Å². The van der Waals surface area contributed by atoms with Gasteiger partial charge in [-0.3, -0.25) is 14.6 Å². The number of amides is 2. The van der Waals surface area contributed by atoms with Gasteiger partial charge in [-0.1, -0.05) is 30.3 Å². The van der Waals surface area contributed by atoms with Crippen LogP contribution in [0.4, 0.5) is 11.4 Å². The Morgan fingerprint density at radius 2 is 1.55 bits per heavy atom. The van der Waals surface area contributed by atoms with E-state index in [1.807, 2.05) is 73.6 Å². The molecule has 0 aliphatic carbocycles. The molecule has 1 aromatic heterocycles. The summed E-state index contributed by atoms with van der Waals surface area (Å²) in [6.45, 7) is 0.511. The summed E-state index contributed by atoms with van der Waals surface area (Å²) < 4.78 is 0. The lowest BCUT2D eigenvalue weighted by atomic mass is 10.1. The van der Waals surface area contributed by atoms with E-state index in [0.29, 0.717) is 23.4 Å². The highest BCUT2D eigenvalue weighted by Gasteiger charge is 2.12. The predicted molar refractivity (Wildman–Crippen MR) is 115 cm³/mol. The van der Waals surface area contributed by atoms with Gasteiger partial charge in [-0.2, -0.15) is 0 Å². The number of carbonyl (C=O) groups is 2. The number of hydrogen-bond acceptors (Lipinski definition) is 4. The largest absolute Gasteiger partial charge is 0.378 e. The van der Waals surface area contributed by atoms with Crippen LogP contribution in [0.25, 0.3) is 0 Å². The number of benzene rings is 2. The Balaban J connectivity index is 1.59. The van der Waals surface area contributed by atoms with E-state index in [2.05, 4.69) is 15.6 Å². The first-order valence-electron chi connectivity index (χ1n) is 9.39. The summed E-state index contributed by atoms with van der Waals surface area (Å²) in [5.74, 6) is -0.563. The molecule has 3 rings (SSSR count). The maximum atomic E-state index is 12.5. The zero-order chi connectivity index (χ0) is 20.6. The Bertz CT molecular complexity index is 970. The third kappa shape index (κ3) is 5.65. The van der Waals surface area contributed by atoms with Crippen LogP contribution in [0.5, 0.6) is 0 Å². The highest BCUT2D eigenvalue weighted by atomic mass is 16.2. The molecule has 0 radical (unpaired) electrons. The van der Waals surface area contributed by atoms with Gasteiger partial charge in [-0.25, -0.2) is 0 Å². The minimum absolute atomic E-state index is 0.251. The SMILES string of the molecule is CN(C)c1ccc(NC(=O)c2cncc(C(=O)NCCc3ccccc3)c2)cc1. The second kappa shape index (κ2) is 9.50. The van der Waals surface area contributed by atoms with Crippen molar-refractivity contribution in [3.8, 4) is 0 Å². The number of nitrogens with one attached hydrogen (secondary N) is 2. The average molecular weight is 388 g/mol. The number of aromatic nitrogens is 1. The van der Waals surface area contributed by atoms with Crippen molar-refractivity contribution in [3.63, 3.8) is 0 Å². The Kier molecular flexibility index (Phi) is 6.58. The Morgan fingerprint density at radius 3 is 2.21 bits per heavy atom. The fraction of sp³-hybridized carbons (Fsp3) is 0.174. The summed E-state index contributed by atoms with van der Waals surface area (Å²) in [7, 11) is 3.91. The molecule has 0 aliphatic heterocycles. The minimum Gasteiger partial charge on any atom is -0.378 e. The number of anilines is 2. The van der Waals surface area contributed by atoms with Gasteiger partial charge in [0, 0.05) is 44.4 Å². The van der Waals surface area contributed by atoms with Gasteiger partial charge in [-0.15, -0.1) is 0 Å². The summed E-state index contributed by atoms with van der Waals surface area (Å²) in [5, 5.41) is 5.69. The van der Waals surface area contributed by atoms with Crippen LogP contribution in [0.15, 0.2) is 73.1 Å². The Hall–Kier alpha value is -3.67. The third-order valence-electron chi connectivity index (χ3n) is 4.45. The van der Waals surface area contributed by atoms with Crippen LogP contribution in [0.1, 0.15) is 26.3 Å². The third-order valence-corrected chi connectivity index (χ3v) is 4.45. The van der Waals surface area contributed by atoms with Crippen molar-refractivity contribution in [2.45, 2.75) is 6.42 Å². The van der Waals surface area contributed by atoms with Gasteiger partial charge >= 0.3 is 0 Å². The van der Waals surface area contributed by atoms with Crippen molar-refractivity contribution in [3.05, 3.63) is 89.7 Å². The summed E-state index contributed by atoms with van der Waals surface area (Å²) in [5.41, 5.74) is 3.56. The van der Waals surface area contributed by atoms with Crippen molar-refractivity contribution < 1.29 is 9.59 Å². The smallest absolute Gasteiger partial charge is 0.257 e. The van der Waals surface area contributed by atoms with E-state index in [9.17, 15) is 9.59 Å². The summed E-state index contributed by atoms with van der Waals surface area (Å²) >= 11 is 0. The average Bonchev–Trinajstić information content (AvgIpc) is 2.75. The molecule has 148 valence electrons. The first-order valence-corrected chi connectivity index (χ1v) is 9.39. The molecule has 6 nitrogen and oxygen atoms in total. The number of pyridine rings is 1. The standard InChI is InChI=1S/C23H24N4O2/c1-27(2)21-10-8-20(9-11-21)26-23(29)19-14-18(15-24-16-19)22(28)25-13-12-17-6-4-3-5-7-17/h3-11,14-16H,12-13H2,1-2H3,(H,25,28)(H,26,29). The predicted octanol–water partition coefficient (Wildman–Crippen LogP) is 3.37. The maximum absolute atomic E-state index is 12.5. The van der Waals surface area contributed by atoms with Crippen LogP contribution in [-0.2, 0) is 6.42 Å². The van der Waals surface area contributed by atoms with E-state index in [0.717, 1.165) is 17.7 Å². The van der Waals surface area contributed by atoms with E-state index < -0.39 is 0 Å². The summed E-state index contributed by atoms with van der Waals surface area (Å²) in [6.07, 6.45) is 3.65. The van der Waals surface area contributed by atoms with Crippen LogP contribution in [0.2, 0.25) is 0 Å². The first kappa shape index (κ1) is 20.1. The molecule has 0 fully saturated rings. The van der Waals surface area contributed by atoms with Gasteiger partial charge < -0.3 is 15.5 Å². The molecule has 0 unspecified atom stereocenters. The second-order valence-corrected chi connectivity index (χ2v) is 6.85. The zero-order valence-electron chi connectivity index (χ0n) is 16.6. The fourth-order valence-electron chi connectivity index (χ4n) is 2.80. The Labute approximate surface area is 170 Å². The van der Waals surface area contributed by atoms with Crippen molar-refractivity contribution in [2.24, 2.45) is 0 Å². The molecule has 0 atom stereocenters. The highest BCUT2D eigenvalue weighted by molar-refractivity contribution is 6.05. The molecule has 1 heterocycles. The molecule has 0 saturated heterocycles. The molecular weight excluding hydrogens is 364 g/mol. The molecule has 0 saturated carbocycles. The van der Waals surface area contributed by atoms with E-state index in [-0.39, 0.29) is 11.8 Å². The van der Waals surface area contributed by atoms with E-state index in [4.69, 9.17) is 0 Å². The van der Waals surface area contributed by atoms with Crippen LogP contribution in [-0.4, -0.2) is 37.4 Å². The van der Waals surface area contributed by atoms with Gasteiger partial charge in [0.2, 0.25) is 0 Å². The van der Waals surface area contributed by atoms with Gasteiger partial charge in [0.1, 0.15) is 0 Å². The Morgan fingerprint density at radius 1 is 0.897 bits per heavy atom. The monoisotopic (exact) mass is 388 g/mol. The lowest BCUT2D eigenvalue weighted by Gasteiger charge is -2.13. The molecule has 2 aromatic carbocycles. The van der Waals surface area contributed by atoms with Crippen LogP contribution < -0.4 is 15.5 Å². The van der Waals surface area contributed by atoms with Gasteiger partial charge in [0.05, 0.1) is 11.1 Å². The van der Waals surface area contributed by atoms with Gasteiger partial charge in [0.25, 0.3) is 11.8 Å². The second-order valence-electron chi connectivity index (χ2n) is 6.85. The summed E-state index contributed by atoms with van der Waals surface area (Å²) in [4.78, 5) is 30.9. The van der Waals surface area contributed by atoms with Gasteiger partial charge in [-0.05, 0) is 42.3 Å². The zero-order valence-corrected chi connectivity index (χ0v) is 16.6. The molecule has 0 aliphatic rings. The summed E-state index contributed by atoms with van der Waals surface area (Å²) in [6, 6.07) is 19.0. The number of hydrogen-bond donors (Lipinski definition) is 2. The van der Waals surface area contributed by atoms with Gasteiger partial charge in [0.15, 0.2) is 0 Å². The van der Waals surface area contributed by atoms with Crippen molar-refractivity contribution in [2.75, 3.05) is 30.9 Å². The molecular formula is C23H24N4O2. The quantitative estimate of drug-likeness (QED) is 0.651. The van der Waals surface area contributed by atoms with Crippen molar-refractivity contribution in [1.82, 2.24) is 10.3 Å². The topological polar surface area (TPSA) is 74.3 Å². The van der Waals surface area contributed by atoms with E-state index in [1.54, 1.807) is 6.07 Å². The van der Waals surface area contributed by atoms with E-state index >= 15 is 0 Å². The number of carbonyl (C=O) groups excluding carboxylic acids is 2. The van der Waals surface area contributed by atoms with Crippen LogP contribution in [0.3, 0.4) is 0 Å². The molecule has 6 heteroatoms. The molecule has 0 bridgehead atoms. The maximum Gasteiger partial charge on any atom is 0.257 e. The normalized spacial score (nSPS) is 10.3. The van der Waals surface area contributed by atoms with Crippen molar-refractivity contribution >= 4 is 23.2 Å².